The van der Waals surface area contributed by atoms with Gasteiger partial charge in [0.15, 0.2) is 6.10 Å². The summed E-state index contributed by atoms with van der Waals surface area (Å²) in [6, 6.07) is 0. The summed E-state index contributed by atoms with van der Waals surface area (Å²) in [5.74, 6) is -1.01. The zero-order valence-corrected chi connectivity index (χ0v) is 8.22. The molecule has 0 radical (unpaired) electrons. The highest BCUT2D eigenvalue weighted by molar-refractivity contribution is 5.72. The standard InChI is InChI=1S/C8H15N3O3/c1-2-3-6-14-7(8(12)13)4-5-10-11-9/h7H,2-6H2,1H3,(H,12,13)/t7-/m1/s1. The Morgan fingerprint density at radius 2 is 2.43 bits per heavy atom. The molecule has 0 aromatic rings. The number of carboxylic acids is 1. The molecular weight excluding hydrogens is 186 g/mol. The first-order valence-electron chi connectivity index (χ1n) is 4.57. The van der Waals surface area contributed by atoms with Gasteiger partial charge in [-0.15, -0.1) is 0 Å². The largest absolute Gasteiger partial charge is 0.479 e. The highest BCUT2D eigenvalue weighted by atomic mass is 16.5. The third kappa shape index (κ3) is 6.28. The summed E-state index contributed by atoms with van der Waals surface area (Å²) >= 11 is 0. The van der Waals surface area contributed by atoms with E-state index in [1.165, 1.54) is 0 Å². The van der Waals surface area contributed by atoms with Gasteiger partial charge in [0.2, 0.25) is 0 Å². The minimum atomic E-state index is -1.01. The molecular formula is C8H15N3O3. The Balaban J connectivity index is 3.77. The van der Waals surface area contributed by atoms with Crippen LogP contribution in [0.15, 0.2) is 5.11 Å². The van der Waals surface area contributed by atoms with Gasteiger partial charge in [-0.25, -0.2) is 4.79 Å². The third-order valence-electron chi connectivity index (χ3n) is 1.65. The molecule has 0 aromatic carbocycles. The number of rotatable bonds is 8. The van der Waals surface area contributed by atoms with Crippen molar-refractivity contribution in [1.29, 1.82) is 0 Å². The van der Waals surface area contributed by atoms with Gasteiger partial charge in [-0.1, -0.05) is 18.5 Å². The van der Waals surface area contributed by atoms with Crippen molar-refractivity contribution in [3.05, 3.63) is 10.4 Å². The van der Waals surface area contributed by atoms with E-state index in [1.54, 1.807) is 0 Å². The molecule has 1 N–H and O–H groups in total. The Morgan fingerprint density at radius 3 is 2.93 bits per heavy atom. The average molecular weight is 201 g/mol. The number of ether oxygens (including phenoxy) is 1. The van der Waals surface area contributed by atoms with Crippen molar-refractivity contribution in [3.63, 3.8) is 0 Å². The lowest BCUT2D eigenvalue weighted by atomic mass is 10.2. The fourth-order valence-electron chi connectivity index (χ4n) is 0.868. The second-order valence-electron chi connectivity index (χ2n) is 2.79. The molecule has 0 heterocycles. The molecule has 0 aliphatic rings. The van der Waals surface area contributed by atoms with Crippen molar-refractivity contribution in [3.8, 4) is 0 Å². The lowest BCUT2D eigenvalue weighted by molar-refractivity contribution is -0.150. The minimum absolute atomic E-state index is 0.152. The predicted octanol–water partition coefficient (Wildman–Crippen LogP) is 1.96. The first-order chi connectivity index (χ1) is 6.72. The van der Waals surface area contributed by atoms with Crippen LogP contribution in [0.2, 0.25) is 0 Å². The van der Waals surface area contributed by atoms with Gasteiger partial charge in [0.25, 0.3) is 0 Å². The Kier molecular flexibility index (Phi) is 7.59. The van der Waals surface area contributed by atoms with Crippen molar-refractivity contribution in [1.82, 2.24) is 0 Å². The lowest BCUT2D eigenvalue weighted by Crippen LogP contribution is -2.25. The van der Waals surface area contributed by atoms with Crippen LogP contribution >= 0.6 is 0 Å². The number of aliphatic carboxylic acids is 1. The lowest BCUT2D eigenvalue weighted by Gasteiger charge is -2.11. The Morgan fingerprint density at radius 1 is 1.71 bits per heavy atom. The van der Waals surface area contributed by atoms with E-state index in [2.05, 4.69) is 10.0 Å². The van der Waals surface area contributed by atoms with Gasteiger partial charge in [-0.2, -0.15) is 0 Å². The van der Waals surface area contributed by atoms with E-state index < -0.39 is 12.1 Å². The second kappa shape index (κ2) is 8.34. The quantitative estimate of drug-likeness (QED) is 0.281. The van der Waals surface area contributed by atoms with Crippen LogP contribution in [0.3, 0.4) is 0 Å². The number of nitrogens with zero attached hydrogens (tertiary/aromatic N) is 3. The molecule has 0 rings (SSSR count). The number of carbonyl (C=O) groups is 1. The van der Waals surface area contributed by atoms with Gasteiger partial charge < -0.3 is 9.84 Å². The molecule has 0 unspecified atom stereocenters. The van der Waals surface area contributed by atoms with E-state index in [0.717, 1.165) is 12.8 Å². The molecule has 0 spiro atoms. The summed E-state index contributed by atoms with van der Waals surface area (Å²) < 4.78 is 5.11. The molecule has 0 aromatic heterocycles. The van der Waals surface area contributed by atoms with Crippen LogP contribution in [0.5, 0.6) is 0 Å². The number of carboxylic acid groups (broad SMARTS) is 1. The number of hydrogen-bond acceptors (Lipinski definition) is 3. The summed E-state index contributed by atoms with van der Waals surface area (Å²) in [4.78, 5) is 13.2. The maximum absolute atomic E-state index is 10.6. The summed E-state index contributed by atoms with van der Waals surface area (Å²) in [6.07, 6.45) is 1.17. The van der Waals surface area contributed by atoms with Crippen LogP contribution in [0, 0.1) is 0 Å². The van der Waals surface area contributed by atoms with Gasteiger partial charge in [-0.3, -0.25) is 0 Å². The molecule has 0 aliphatic carbocycles. The molecule has 0 amide bonds. The van der Waals surface area contributed by atoms with Gasteiger partial charge >= 0.3 is 5.97 Å². The third-order valence-corrected chi connectivity index (χ3v) is 1.65. The monoisotopic (exact) mass is 201 g/mol. The summed E-state index contributed by atoms with van der Waals surface area (Å²) in [7, 11) is 0. The zero-order valence-electron chi connectivity index (χ0n) is 8.22. The maximum Gasteiger partial charge on any atom is 0.332 e. The molecule has 0 saturated carbocycles. The number of azide groups is 1. The highest BCUT2D eigenvalue weighted by Gasteiger charge is 2.16. The summed E-state index contributed by atoms with van der Waals surface area (Å²) in [6.45, 7) is 2.59. The topological polar surface area (TPSA) is 95.3 Å². The van der Waals surface area contributed by atoms with E-state index in [0.29, 0.717) is 6.61 Å². The van der Waals surface area contributed by atoms with Gasteiger partial charge in [0, 0.05) is 18.1 Å². The van der Waals surface area contributed by atoms with E-state index >= 15 is 0 Å². The van der Waals surface area contributed by atoms with Crippen LogP contribution in [-0.2, 0) is 9.53 Å². The van der Waals surface area contributed by atoms with Crippen LogP contribution < -0.4 is 0 Å². The van der Waals surface area contributed by atoms with Crippen molar-refractivity contribution in [2.45, 2.75) is 32.3 Å². The van der Waals surface area contributed by atoms with Crippen LogP contribution in [0.4, 0.5) is 0 Å². The van der Waals surface area contributed by atoms with E-state index in [9.17, 15) is 4.79 Å². The zero-order chi connectivity index (χ0) is 10.8. The van der Waals surface area contributed by atoms with E-state index in [1.807, 2.05) is 6.92 Å². The molecule has 0 aliphatic heterocycles. The molecule has 14 heavy (non-hydrogen) atoms. The smallest absolute Gasteiger partial charge is 0.332 e. The normalized spacial score (nSPS) is 11.8. The van der Waals surface area contributed by atoms with Crippen LogP contribution in [0.1, 0.15) is 26.2 Å². The van der Waals surface area contributed by atoms with Crippen molar-refractivity contribution < 1.29 is 14.6 Å². The summed E-state index contributed by atoms with van der Waals surface area (Å²) in [5, 5.41) is 12.0. The molecule has 0 saturated heterocycles. The molecule has 6 heteroatoms. The fraction of sp³-hybridized carbons (Fsp3) is 0.875. The van der Waals surface area contributed by atoms with Gasteiger partial charge in [-0.05, 0) is 18.4 Å². The Labute approximate surface area is 82.5 Å². The Bertz CT molecular complexity index is 214. The first-order valence-corrected chi connectivity index (χ1v) is 4.57. The van der Waals surface area contributed by atoms with Gasteiger partial charge in [0.1, 0.15) is 0 Å². The SMILES string of the molecule is CCCCO[C@H](CCN=[N+]=[N-])C(=O)O. The molecule has 6 nitrogen and oxygen atoms in total. The summed E-state index contributed by atoms with van der Waals surface area (Å²) in [5.41, 5.74) is 8.00. The minimum Gasteiger partial charge on any atom is -0.479 e. The fourth-order valence-corrected chi connectivity index (χ4v) is 0.868. The number of hydrogen-bond donors (Lipinski definition) is 1. The van der Waals surface area contributed by atoms with E-state index in [-0.39, 0.29) is 13.0 Å². The second-order valence-corrected chi connectivity index (χ2v) is 2.79. The number of unbranched alkanes of at least 4 members (excludes halogenated alkanes) is 1. The van der Waals surface area contributed by atoms with E-state index in [4.69, 9.17) is 15.4 Å². The molecule has 0 bridgehead atoms. The molecule has 80 valence electrons. The molecule has 0 fully saturated rings. The highest BCUT2D eigenvalue weighted by Crippen LogP contribution is 2.01. The van der Waals surface area contributed by atoms with Crippen molar-refractivity contribution in [2.75, 3.05) is 13.2 Å². The first kappa shape index (κ1) is 12.7. The van der Waals surface area contributed by atoms with Gasteiger partial charge in [0.05, 0.1) is 0 Å². The van der Waals surface area contributed by atoms with Crippen LogP contribution in [0.25, 0.3) is 10.4 Å². The van der Waals surface area contributed by atoms with Crippen molar-refractivity contribution in [2.24, 2.45) is 5.11 Å². The predicted molar refractivity (Wildman–Crippen MR) is 50.9 cm³/mol. The molecule has 1 atom stereocenters. The average Bonchev–Trinajstić information content (AvgIpc) is 2.15. The maximum atomic E-state index is 10.6. The Hall–Kier alpha value is -1.26. The van der Waals surface area contributed by atoms with Crippen molar-refractivity contribution >= 4 is 5.97 Å². The van der Waals surface area contributed by atoms with Crippen LogP contribution in [-0.4, -0.2) is 30.3 Å².